The molecule has 0 bridgehead atoms. The minimum Gasteiger partial charge on any atom is -0.457 e. The molecule has 1 heterocycles. The van der Waals surface area contributed by atoms with E-state index in [0.717, 1.165) is 27.8 Å². The van der Waals surface area contributed by atoms with E-state index in [9.17, 15) is 14.4 Å². The van der Waals surface area contributed by atoms with Gasteiger partial charge in [-0.25, -0.2) is 14.5 Å². The van der Waals surface area contributed by atoms with Crippen molar-refractivity contribution in [2.75, 3.05) is 6.61 Å². The van der Waals surface area contributed by atoms with E-state index in [1.807, 2.05) is 68.4 Å². The molecule has 2 amide bonds. The fourth-order valence-electron chi connectivity index (χ4n) is 3.90. The molecule has 3 aromatic carbocycles. The zero-order chi connectivity index (χ0) is 23.4. The van der Waals surface area contributed by atoms with E-state index in [-0.39, 0.29) is 31.5 Å². The van der Waals surface area contributed by atoms with Gasteiger partial charge in [0.25, 0.3) is 0 Å². The Labute approximate surface area is 192 Å². The zero-order valence-corrected chi connectivity index (χ0v) is 18.6. The first-order chi connectivity index (χ1) is 15.9. The van der Waals surface area contributed by atoms with Gasteiger partial charge in [0, 0.05) is 0 Å². The molecule has 0 aliphatic carbocycles. The second-order valence-corrected chi connectivity index (χ2v) is 8.15. The van der Waals surface area contributed by atoms with E-state index in [2.05, 4.69) is 0 Å². The third-order valence-electron chi connectivity index (χ3n) is 5.68. The van der Waals surface area contributed by atoms with E-state index in [1.54, 1.807) is 18.2 Å². The Balaban J connectivity index is 1.36. The molecular weight excluding hydrogens is 418 g/mol. The van der Waals surface area contributed by atoms with Crippen molar-refractivity contribution in [1.29, 1.82) is 0 Å². The van der Waals surface area contributed by atoms with Crippen LogP contribution in [-0.4, -0.2) is 29.5 Å². The van der Waals surface area contributed by atoms with Crippen molar-refractivity contribution in [3.63, 3.8) is 0 Å². The largest absolute Gasteiger partial charge is 0.457 e. The number of amides is 2. The summed E-state index contributed by atoms with van der Waals surface area (Å²) in [6, 6.07) is 21.8. The Hall–Kier alpha value is -3.93. The number of carbonyl (C=O) groups is 3. The van der Waals surface area contributed by atoms with Gasteiger partial charge in [0.1, 0.15) is 19.3 Å². The lowest BCUT2D eigenvalue weighted by atomic mass is 10.0. The van der Waals surface area contributed by atoms with Crippen molar-refractivity contribution in [2.45, 2.75) is 32.9 Å². The molecule has 6 nitrogen and oxygen atoms in total. The van der Waals surface area contributed by atoms with Crippen molar-refractivity contribution in [3.8, 4) is 0 Å². The summed E-state index contributed by atoms with van der Waals surface area (Å²) in [6.07, 6.45) is -0.551. The number of hydrogen-bond donors (Lipinski definition) is 0. The monoisotopic (exact) mass is 443 g/mol. The molecule has 0 radical (unpaired) electrons. The fraction of sp³-hybridized carbons (Fsp3) is 0.222. The van der Waals surface area contributed by atoms with Crippen molar-refractivity contribution in [1.82, 2.24) is 4.90 Å². The average Bonchev–Trinajstić information content (AvgIpc) is 3.20. The molecule has 1 fully saturated rings. The molecule has 4 rings (SSSR count). The Morgan fingerprint density at radius 2 is 1.67 bits per heavy atom. The van der Waals surface area contributed by atoms with E-state index in [0.29, 0.717) is 5.56 Å². The van der Waals surface area contributed by atoms with Crippen molar-refractivity contribution in [2.24, 2.45) is 0 Å². The fourth-order valence-corrected chi connectivity index (χ4v) is 3.90. The quantitative estimate of drug-likeness (QED) is 0.506. The Morgan fingerprint density at radius 3 is 2.36 bits per heavy atom. The predicted molar refractivity (Wildman–Crippen MR) is 123 cm³/mol. The summed E-state index contributed by atoms with van der Waals surface area (Å²) < 4.78 is 10.6. The molecule has 0 aromatic heterocycles. The molecule has 1 aliphatic rings. The highest BCUT2D eigenvalue weighted by Gasteiger charge is 2.38. The lowest BCUT2D eigenvalue weighted by Gasteiger charge is -2.20. The van der Waals surface area contributed by atoms with Crippen molar-refractivity contribution >= 4 is 18.0 Å². The summed E-state index contributed by atoms with van der Waals surface area (Å²) in [7, 11) is 0. The Bertz CT molecular complexity index is 1170. The number of nitrogens with zero attached hydrogens (tertiary/aromatic N) is 1. The van der Waals surface area contributed by atoms with Crippen LogP contribution in [-0.2, 0) is 27.3 Å². The predicted octanol–water partition coefficient (Wildman–Crippen LogP) is 4.92. The first-order valence-corrected chi connectivity index (χ1v) is 10.8. The van der Waals surface area contributed by atoms with Gasteiger partial charge >= 0.3 is 12.1 Å². The number of hydrogen-bond acceptors (Lipinski definition) is 5. The first-order valence-electron chi connectivity index (χ1n) is 10.8. The standard InChI is InChI=1S/C27H25NO5/c1-18-8-13-23(19(2)14-18)26(30)32-16-21-11-9-20(10-12-21)15-25(29)28-24(17-33-27(28)31)22-6-4-3-5-7-22/h3-14,24H,15-17H2,1-2H3/t24-/m0/s1. The van der Waals surface area contributed by atoms with Gasteiger partial charge in [-0.3, -0.25) is 4.79 Å². The van der Waals surface area contributed by atoms with Crippen LogP contribution >= 0.6 is 0 Å². The van der Waals surface area contributed by atoms with E-state index in [1.165, 1.54) is 4.90 Å². The number of benzene rings is 3. The van der Waals surface area contributed by atoms with Gasteiger partial charge in [-0.1, -0.05) is 72.3 Å². The van der Waals surface area contributed by atoms with Gasteiger partial charge in [-0.05, 0) is 42.2 Å². The summed E-state index contributed by atoms with van der Waals surface area (Å²) in [4.78, 5) is 38.6. The van der Waals surface area contributed by atoms with Crippen LogP contribution < -0.4 is 0 Å². The van der Waals surface area contributed by atoms with E-state index in [4.69, 9.17) is 9.47 Å². The maximum Gasteiger partial charge on any atom is 0.417 e. The Kier molecular flexibility index (Phi) is 6.54. The maximum absolute atomic E-state index is 12.9. The highest BCUT2D eigenvalue weighted by molar-refractivity contribution is 5.94. The lowest BCUT2D eigenvalue weighted by Crippen LogP contribution is -2.35. The van der Waals surface area contributed by atoms with Crippen LogP contribution in [0.2, 0.25) is 0 Å². The molecule has 0 spiro atoms. The molecule has 1 saturated heterocycles. The second kappa shape index (κ2) is 9.69. The number of imide groups is 1. The molecule has 6 heteroatoms. The lowest BCUT2D eigenvalue weighted by molar-refractivity contribution is -0.128. The normalized spacial score (nSPS) is 15.3. The summed E-state index contributed by atoms with van der Waals surface area (Å²) in [6.45, 7) is 4.14. The van der Waals surface area contributed by atoms with Gasteiger partial charge in [-0.15, -0.1) is 0 Å². The molecule has 0 unspecified atom stereocenters. The number of ether oxygens (including phenoxy) is 2. The highest BCUT2D eigenvalue weighted by Crippen LogP contribution is 2.28. The number of rotatable bonds is 6. The molecule has 168 valence electrons. The number of cyclic esters (lactones) is 1. The van der Waals surface area contributed by atoms with E-state index < -0.39 is 12.1 Å². The molecule has 0 N–H and O–H groups in total. The summed E-state index contributed by atoms with van der Waals surface area (Å²) in [5.41, 5.74) is 4.95. The molecule has 1 atom stereocenters. The van der Waals surface area contributed by atoms with Gasteiger partial charge in [0.2, 0.25) is 5.91 Å². The highest BCUT2D eigenvalue weighted by atomic mass is 16.6. The molecule has 3 aromatic rings. The number of aryl methyl sites for hydroxylation is 2. The summed E-state index contributed by atoms with van der Waals surface area (Å²) in [5.74, 6) is -0.688. The topological polar surface area (TPSA) is 72.9 Å². The van der Waals surface area contributed by atoms with Gasteiger partial charge < -0.3 is 9.47 Å². The van der Waals surface area contributed by atoms with Gasteiger partial charge in [-0.2, -0.15) is 0 Å². The SMILES string of the molecule is Cc1ccc(C(=O)OCc2ccc(CC(=O)N3C(=O)OC[C@H]3c3ccccc3)cc2)c(C)c1. The summed E-state index contributed by atoms with van der Waals surface area (Å²) in [5, 5.41) is 0. The third kappa shape index (κ3) is 5.12. The van der Waals surface area contributed by atoms with Crippen LogP contribution in [0.1, 0.15) is 44.2 Å². The zero-order valence-electron chi connectivity index (χ0n) is 18.6. The third-order valence-corrected chi connectivity index (χ3v) is 5.68. The van der Waals surface area contributed by atoms with Gasteiger partial charge in [0.15, 0.2) is 0 Å². The van der Waals surface area contributed by atoms with Gasteiger partial charge in [0.05, 0.1) is 12.0 Å². The molecular formula is C27H25NO5. The Morgan fingerprint density at radius 1 is 0.970 bits per heavy atom. The minimum atomic E-state index is -0.621. The van der Waals surface area contributed by atoms with Crippen LogP contribution in [0.15, 0.2) is 72.8 Å². The van der Waals surface area contributed by atoms with Crippen molar-refractivity contribution < 1.29 is 23.9 Å². The average molecular weight is 443 g/mol. The maximum atomic E-state index is 12.9. The van der Waals surface area contributed by atoms with Crippen LogP contribution in [0.3, 0.4) is 0 Å². The smallest absolute Gasteiger partial charge is 0.417 e. The van der Waals surface area contributed by atoms with Crippen LogP contribution in [0.25, 0.3) is 0 Å². The van der Waals surface area contributed by atoms with Crippen LogP contribution in [0.4, 0.5) is 4.79 Å². The minimum absolute atomic E-state index is 0.0705. The molecule has 1 aliphatic heterocycles. The number of esters is 1. The second-order valence-electron chi connectivity index (χ2n) is 8.15. The summed E-state index contributed by atoms with van der Waals surface area (Å²) >= 11 is 0. The van der Waals surface area contributed by atoms with Crippen molar-refractivity contribution in [3.05, 3.63) is 106 Å². The molecule has 0 saturated carbocycles. The first kappa shape index (κ1) is 22.3. The molecule has 33 heavy (non-hydrogen) atoms. The van der Waals surface area contributed by atoms with Crippen LogP contribution in [0.5, 0.6) is 0 Å². The number of carbonyl (C=O) groups excluding carboxylic acids is 3. The van der Waals surface area contributed by atoms with E-state index >= 15 is 0 Å². The van der Waals surface area contributed by atoms with Crippen LogP contribution in [0, 0.1) is 13.8 Å².